The van der Waals surface area contributed by atoms with Crippen molar-refractivity contribution in [1.82, 2.24) is 10.2 Å². The lowest BCUT2D eigenvalue weighted by atomic mass is 10.1. The Balaban J connectivity index is 2.14. The summed E-state index contributed by atoms with van der Waals surface area (Å²) in [7, 11) is -3.51. The van der Waals surface area contributed by atoms with Crippen LogP contribution in [0.15, 0.2) is 53.0 Å². The molecule has 0 saturated heterocycles. The number of nitrogens with zero attached hydrogens (tertiary/aromatic N) is 2. The van der Waals surface area contributed by atoms with Gasteiger partial charge in [0.25, 0.3) is 0 Å². The first-order valence-corrected chi connectivity index (χ1v) is 15.1. The normalized spacial score (nSPS) is 12.1. The quantitative estimate of drug-likeness (QED) is 0.323. The van der Waals surface area contributed by atoms with E-state index >= 15 is 0 Å². The van der Waals surface area contributed by atoms with Crippen LogP contribution in [0.3, 0.4) is 0 Å². The fourth-order valence-corrected chi connectivity index (χ4v) is 5.26. The minimum absolute atomic E-state index is 0.125. The van der Waals surface area contributed by atoms with Crippen LogP contribution in [0.25, 0.3) is 0 Å². The number of carbonyl (C=O) groups is 2. The summed E-state index contributed by atoms with van der Waals surface area (Å²) in [6.45, 7) is 6.86. The molecule has 0 saturated carbocycles. The van der Waals surface area contributed by atoms with Crippen molar-refractivity contribution >= 4 is 43.5 Å². The van der Waals surface area contributed by atoms with E-state index < -0.39 is 16.1 Å². The molecule has 1 atom stereocenters. The van der Waals surface area contributed by atoms with Gasteiger partial charge >= 0.3 is 0 Å². The van der Waals surface area contributed by atoms with Gasteiger partial charge in [0.15, 0.2) is 0 Å². The van der Waals surface area contributed by atoms with Crippen molar-refractivity contribution < 1.29 is 18.0 Å². The zero-order valence-electron chi connectivity index (χ0n) is 21.7. The molecule has 0 aromatic heterocycles. The minimum atomic E-state index is -3.51. The molecule has 7 nitrogen and oxygen atoms in total. The molecule has 0 radical (unpaired) electrons. The van der Waals surface area contributed by atoms with Crippen molar-refractivity contribution in [2.24, 2.45) is 0 Å². The van der Waals surface area contributed by atoms with Crippen molar-refractivity contribution in [3.63, 3.8) is 0 Å². The first-order valence-electron chi connectivity index (χ1n) is 12.4. The predicted octanol–water partition coefficient (Wildman–Crippen LogP) is 4.89. The van der Waals surface area contributed by atoms with Crippen LogP contribution in [0.1, 0.15) is 57.6 Å². The maximum absolute atomic E-state index is 13.3. The van der Waals surface area contributed by atoms with Crippen molar-refractivity contribution in [3.8, 4) is 0 Å². The van der Waals surface area contributed by atoms with Crippen LogP contribution < -0.4 is 9.62 Å². The third kappa shape index (κ3) is 9.24. The van der Waals surface area contributed by atoms with Crippen LogP contribution in [0.4, 0.5) is 5.69 Å². The summed E-state index contributed by atoms with van der Waals surface area (Å²) in [5, 5.41) is 2.91. The van der Waals surface area contributed by atoms with Gasteiger partial charge in [-0.05, 0) is 61.6 Å². The van der Waals surface area contributed by atoms with Crippen LogP contribution >= 0.6 is 15.9 Å². The number of aryl methyl sites for hydroxylation is 1. The number of amides is 2. The summed E-state index contributed by atoms with van der Waals surface area (Å²) in [5.74, 6) is -0.386. The molecule has 0 heterocycles. The van der Waals surface area contributed by atoms with E-state index in [9.17, 15) is 18.0 Å². The number of unbranched alkanes of at least 4 members (excludes halogenated alkanes) is 1. The summed E-state index contributed by atoms with van der Waals surface area (Å²) in [4.78, 5) is 27.7. The second-order valence-electron chi connectivity index (χ2n) is 8.93. The van der Waals surface area contributed by atoms with Gasteiger partial charge in [0.05, 0.1) is 11.9 Å². The van der Waals surface area contributed by atoms with Crippen LogP contribution in [-0.4, -0.2) is 50.5 Å². The highest BCUT2D eigenvalue weighted by Gasteiger charge is 2.26. The first-order chi connectivity index (χ1) is 17.1. The molecule has 2 aromatic carbocycles. The number of nitrogens with one attached hydrogen (secondary N) is 1. The van der Waals surface area contributed by atoms with Crippen LogP contribution in [0.2, 0.25) is 0 Å². The second kappa shape index (κ2) is 14.4. The van der Waals surface area contributed by atoms with Gasteiger partial charge in [-0.1, -0.05) is 60.5 Å². The third-order valence-electron chi connectivity index (χ3n) is 6.02. The Labute approximate surface area is 224 Å². The highest BCUT2D eigenvalue weighted by Crippen LogP contribution is 2.21. The molecule has 2 amide bonds. The minimum Gasteiger partial charge on any atom is -0.354 e. The molecule has 1 N–H and O–H groups in total. The molecule has 0 bridgehead atoms. The molecule has 198 valence electrons. The summed E-state index contributed by atoms with van der Waals surface area (Å²) in [6, 6.07) is 14.4. The van der Waals surface area contributed by atoms with Crippen molar-refractivity contribution in [1.29, 1.82) is 0 Å². The fourth-order valence-electron chi connectivity index (χ4n) is 3.85. The van der Waals surface area contributed by atoms with E-state index in [1.165, 1.54) is 10.6 Å². The molecule has 2 aromatic rings. The Kier molecular flexibility index (Phi) is 11.9. The van der Waals surface area contributed by atoms with Gasteiger partial charge in [-0.3, -0.25) is 13.9 Å². The van der Waals surface area contributed by atoms with Gasteiger partial charge in [-0.2, -0.15) is 0 Å². The summed E-state index contributed by atoms with van der Waals surface area (Å²) in [6.07, 6.45) is 4.34. The number of rotatable bonds is 14. The molecule has 0 fully saturated rings. The summed E-state index contributed by atoms with van der Waals surface area (Å²) >= 11 is 3.46. The highest BCUT2D eigenvalue weighted by molar-refractivity contribution is 9.10. The van der Waals surface area contributed by atoms with Gasteiger partial charge in [0.1, 0.15) is 6.04 Å². The van der Waals surface area contributed by atoms with Gasteiger partial charge in [-0.15, -0.1) is 0 Å². The Hall–Kier alpha value is -2.39. The Morgan fingerprint density at radius 2 is 1.72 bits per heavy atom. The number of anilines is 1. The van der Waals surface area contributed by atoms with Crippen molar-refractivity contribution in [3.05, 3.63) is 64.1 Å². The van der Waals surface area contributed by atoms with Gasteiger partial charge in [0, 0.05) is 30.5 Å². The number of carbonyl (C=O) groups excluding carboxylic acids is 2. The lowest BCUT2D eigenvalue weighted by Gasteiger charge is -2.29. The number of halogens is 1. The van der Waals surface area contributed by atoms with Crippen LogP contribution in [0, 0.1) is 0 Å². The van der Waals surface area contributed by atoms with Crippen molar-refractivity contribution in [2.45, 2.75) is 65.5 Å². The SMILES string of the molecule is CCCCNC(=O)[C@@H](C)N(Cc1cccc(Br)c1)C(=O)CCCN(c1ccc(CC)cc1)S(C)(=O)=O. The maximum atomic E-state index is 13.3. The van der Waals surface area contributed by atoms with E-state index in [1.807, 2.05) is 43.3 Å². The smallest absolute Gasteiger partial charge is 0.242 e. The Bertz CT molecular complexity index is 1110. The molecular weight excluding hydrogens is 542 g/mol. The number of hydrogen-bond acceptors (Lipinski definition) is 4. The first kappa shape index (κ1) is 29.8. The third-order valence-corrected chi connectivity index (χ3v) is 7.71. The summed E-state index contributed by atoms with van der Waals surface area (Å²) < 4.78 is 27.2. The lowest BCUT2D eigenvalue weighted by molar-refractivity contribution is -0.140. The number of sulfonamides is 1. The summed E-state index contributed by atoms with van der Waals surface area (Å²) in [5.41, 5.74) is 2.60. The standard InChI is InChI=1S/C27H38BrN3O4S/c1-5-7-17-29-27(33)21(3)30(20-23-10-8-11-24(28)19-23)26(32)12-9-18-31(36(4,34)35)25-15-13-22(6-2)14-16-25/h8,10-11,13-16,19,21H,5-7,9,12,17-18,20H2,1-4H3,(H,29,33)/t21-/m1/s1. The molecule has 2 rings (SSSR count). The van der Waals surface area contributed by atoms with Crippen LogP contribution in [0.5, 0.6) is 0 Å². The maximum Gasteiger partial charge on any atom is 0.242 e. The molecule has 9 heteroatoms. The molecule has 0 aliphatic carbocycles. The van der Waals surface area contributed by atoms with Gasteiger partial charge in [-0.25, -0.2) is 8.42 Å². The zero-order chi connectivity index (χ0) is 26.7. The van der Waals surface area contributed by atoms with E-state index in [-0.39, 0.29) is 31.3 Å². The average Bonchev–Trinajstić information content (AvgIpc) is 2.84. The predicted molar refractivity (Wildman–Crippen MR) is 149 cm³/mol. The lowest BCUT2D eigenvalue weighted by Crippen LogP contribution is -2.48. The molecule has 0 aliphatic heterocycles. The molecule has 0 spiro atoms. The topological polar surface area (TPSA) is 86.8 Å². The molecule has 0 aliphatic rings. The Morgan fingerprint density at radius 1 is 1.03 bits per heavy atom. The average molecular weight is 581 g/mol. The molecule has 0 unspecified atom stereocenters. The van der Waals surface area contributed by atoms with E-state index in [2.05, 4.69) is 28.2 Å². The van der Waals surface area contributed by atoms with Crippen molar-refractivity contribution in [2.75, 3.05) is 23.7 Å². The largest absolute Gasteiger partial charge is 0.354 e. The monoisotopic (exact) mass is 579 g/mol. The van der Waals surface area contributed by atoms with E-state index in [1.54, 1.807) is 24.0 Å². The molecule has 36 heavy (non-hydrogen) atoms. The molecular formula is C27H38BrN3O4S. The van der Waals surface area contributed by atoms with Crippen LogP contribution in [-0.2, 0) is 32.6 Å². The Morgan fingerprint density at radius 3 is 2.31 bits per heavy atom. The van der Waals surface area contributed by atoms with E-state index in [0.717, 1.165) is 34.9 Å². The zero-order valence-corrected chi connectivity index (χ0v) is 24.1. The fraction of sp³-hybridized carbons (Fsp3) is 0.481. The van der Waals surface area contributed by atoms with E-state index in [0.29, 0.717) is 18.7 Å². The van der Waals surface area contributed by atoms with E-state index in [4.69, 9.17) is 0 Å². The number of benzene rings is 2. The second-order valence-corrected chi connectivity index (χ2v) is 11.8. The van der Waals surface area contributed by atoms with Gasteiger partial charge in [0.2, 0.25) is 21.8 Å². The number of hydrogen-bond donors (Lipinski definition) is 1. The highest BCUT2D eigenvalue weighted by atomic mass is 79.9. The van der Waals surface area contributed by atoms with Gasteiger partial charge < -0.3 is 10.2 Å².